The van der Waals surface area contributed by atoms with Crippen molar-refractivity contribution in [2.24, 2.45) is 0 Å². The first kappa shape index (κ1) is 22.1. The van der Waals surface area contributed by atoms with Crippen LogP contribution < -0.4 is 10.6 Å². The van der Waals surface area contributed by atoms with Crippen molar-refractivity contribution < 1.29 is 18.0 Å². The summed E-state index contributed by atoms with van der Waals surface area (Å²) in [6.07, 6.45) is 0.711. The second-order valence-electron chi connectivity index (χ2n) is 7.74. The summed E-state index contributed by atoms with van der Waals surface area (Å²) in [5.41, 5.74) is 4.16. The number of alkyl halides is 3. The first-order chi connectivity index (χ1) is 16.8. The third-order valence-electron chi connectivity index (χ3n) is 5.22. The summed E-state index contributed by atoms with van der Waals surface area (Å²) in [7, 11) is 0. The molecule has 1 amide bonds. The van der Waals surface area contributed by atoms with E-state index in [1.54, 1.807) is 36.7 Å². The number of anilines is 2. The molecule has 0 saturated heterocycles. The first-order valence-corrected chi connectivity index (χ1v) is 10.5. The van der Waals surface area contributed by atoms with Crippen molar-refractivity contribution in [1.29, 1.82) is 0 Å². The summed E-state index contributed by atoms with van der Waals surface area (Å²) in [5.74, 6) is 0.204. The van der Waals surface area contributed by atoms with Crippen LogP contribution in [0.5, 0.6) is 0 Å². The summed E-state index contributed by atoms with van der Waals surface area (Å²) in [6, 6.07) is 16.3. The zero-order valence-corrected chi connectivity index (χ0v) is 18.0. The Morgan fingerprint density at radius 2 is 1.77 bits per heavy atom. The molecule has 0 atom stereocenters. The van der Waals surface area contributed by atoms with Crippen LogP contribution >= 0.6 is 0 Å². The molecule has 3 aromatic heterocycles. The Kier molecular flexibility index (Phi) is 5.65. The number of H-pyrrole nitrogens is 2. The van der Waals surface area contributed by atoms with Gasteiger partial charge in [-0.25, -0.2) is 9.97 Å². The molecule has 176 valence electrons. The number of carbonyl (C=O) groups excluding carboxylic acids is 1. The van der Waals surface area contributed by atoms with Crippen LogP contribution in [0.2, 0.25) is 0 Å². The van der Waals surface area contributed by atoms with Crippen LogP contribution in [0.1, 0.15) is 10.5 Å². The normalized spacial score (nSPS) is 11.5. The van der Waals surface area contributed by atoms with Gasteiger partial charge in [0.25, 0.3) is 5.91 Å². The maximum atomic E-state index is 12.4. The molecule has 0 aliphatic rings. The number of nitrogens with one attached hydrogen (secondary N) is 4. The molecule has 35 heavy (non-hydrogen) atoms. The van der Waals surface area contributed by atoms with Crippen LogP contribution in [-0.4, -0.2) is 43.8 Å². The smallest absolute Gasteiger partial charge is 0.351 e. The van der Waals surface area contributed by atoms with Gasteiger partial charge in [-0.15, -0.1) is 0 Å². The monoisotopic (exact) mass is 477 g/mol. The van der Waals surface area contributed by atoms with Crippen LogP contribution in [0, 0.1) is 0 Å². The van der Waals surface area contributed by atoms with E-state index in [0.717, 1.165) is 16.8 Å². The maximum absolute atomic E-state index is 12.4. The van der Waals surface area contributed by atoms with Gasteiger partial charge in [0.1, 0.15) is 18.1 Å². The SMILES string of the molecule is O=C(NCC(F)(F)F)c1cc2ccc(-c3nccc(Nc4ccc(-c5cn[nH]c5)cc4)n3)cc2[nH]1. The van der Waals surface area contributed by atoms with Crippen molar-refractivity contribution in [2.75, 3.05) is 11.9 Å². The molecular formula is C24H18F3N7O. The highest BCUT2D eigenvalue weighted by Crippen LogP contribution is 2.25. The number of fused-ring (bicyclic) bond motifs is 1. The van der Waals surface area contributed by atoms with Gasteiger partial charge < -0.3 is 15.6 Å². The Bertz CT molecular complexity index is 1480. The molecule has 3 heterocycles. The first-order valence-electron chi connectivity index (χ1n) is 10.5. The zero-order chi connectivity index (χ0) is 24.4. The summed E-state index contributed by atoms with van der Waals surface area (Å²) in [5, 5.41) is 12.5. The van der Waals surface area contributed by atoms with Gasteiger partial charge in [-0.2, -0.15) is 18.3 Å². The topological polar surface area (TPSA) is 111 Å². The molecule has 5 rings (SSSR count). The molecule has 0 spiro atoms. The minimum atomic E-state index is -4.48. The van der Waals surface area contributed by atoms with Gasteiger partial charge in [0.05, 0.1) is 6.20 Å². The number of amides is 1. The van der Waals surface area contributed by atoms with Crippen LogP contribution in [0.4, 0.5) is 24.7 Å². The van der Waals surface area contributed by atoms with Gasteiger partial charge in [-0.05, 0) is 35.9 Å². The predicted octanol–water partition coefficient (Wildman–Crippen LogP) is 5.05. The largest absolute Gasteiger partial charge is 0.405 e. The zero-order valence-electron chi connectivity index (χ0n) is 18.0. The van der Waals surface area contributed by atoms with E-state index in [0.29, 0.717) is 28.1 Å². The third kappa shape index (κ3) is 5.13. The molecule has 0 radical (unpaired) electrons. The average Bonchev–Trinajstić information content (AvgIpc) is 3.53. The molecular weight excluding hydrogens is 459 g/mol. The highest BCUT2D eigenvalue weighted by Gasteiger charge is 2.28. The number of rotatable bonds is 6. The molecule has 4 N–H and O–H groups in total. The van der Waals surface area contributed by atoms with E-state index >= 15 is 0 Å². The lowest BCUT2D eigenvalue weighted by Crippen LogP contribution is -2.33. The molecule has 2 aromatic carbocycles. The van der Waals surface area contributed by atoms with Crippen molar-refractivity contribution in [3.63, 3.8) is 0 Å². The Morgan fingerprint density at radius 3 is 2.51 bits per heavy atom. The Morgan fingerprint density at radius 1 is 0.971 bits per heavy atom. The van der Waals surface area contributed by atoms with Crippen LogP contribution in [0.3, 0.4) is 0 Å². The Balaban J connectivity index is 1.33. The molecule has 0 unspecified atom stereocenters. The second-order valence-corrected chi connectivity index (χ2v) is 7.74. The molecule has 5 aromatic rings. The van der Waals surface area contributed by atoms with E-state index in [1.807, 2.05) is 35.8 Å². The number of aromatic nitrogens is 5. The lowest BCUT2D eigenvalue weighted by molar-refractivity contribution is -0.123. The van der Waals surface area contributed by atoms with Crippen molar-refractivity contribution in [2.45, 2.75) is 6.18 Å². The van der Waals surface area contributed by atoms with Gasteiger partial charge in [0, 0.05) is 40.1 Å². The van der Waals surface area contributed by atoms with Gasteiger partial charge in [0.2, 0.25) is 0 Å². The van der Waals surface area contributed by atoms with Crippen LogP contribution in [-0.2, 0) is 0 Å². The predicted molar refractivity (Wildman–Crippen MR) is 125 cm³/mol. The number of benzene rings is 2. The van der Waals surface area contributed by atoms with Crippen LogP contribution in [0.25, 0.3) is 33.4 Å². The minimum absolute atomic E-state index is 0.0385. The van der Waals surface area contributed by atoms with Crippen molar-refractivity contribution in [1.82, 2.24) is 30.5 Å². The van der Waals surface area contributed by atoms with Crippen molar-refractivity contribution in [3.8, 4) is 22.5 Å². The van der Waals surface area contributed by atoms with Gasteiger partial charge in [-0.1, -0.05) is 24.3 Å². The van der Waals surface area contributed by atoms with Gasteiger partial charge in [0.15, 0.2) is 5.82 Å². The summed E-state index contributed by atoms with van der Waals surface area (Å²) in [6.45, 7) is -1.40. The van der Waals surface area contributed by atoms with Crippen LogP contribution in [0.15, 0.2) is 73.2 Å². The molecule has 0 bridgehead atoms. The highest BCUT2D eigenvalue weighted by atomic mass is 19.4. The van der Waals surface area contributed by atoms with E-state index in [4.69, 9.17) is 0 Å². The number of halogens is 3. The lowest BCUT2D eigenvalue weighted by atomic mass is 10.1. The fourth-order valence-corrected chi connectivity index (χ4v) is 3.53. The number of hydrogen-bond donors (Lipinski definition) is 4. The molecule has 8 nitrogen and oxygen atoms in total. The number of nitrogens with zero attached hydrogens (tertiary/aromatic N) is 3. The summed E-state index contributed by atoms with van der Waals surface area (Å²) >= 11 is 0. The second kappa shape index (κ2) is 8.93. The summed E-state index contributed by atoms with van der Waals surface area (Å²) in [4.78, 5) is 23.8. The standard InChI is InChI=1S/C24H18F3N7O/c25-24(26,27)13-29-23(35)20-9-15-1-2-16(10-19(15)33-20)22-28-8-7-21(34-22)32-18-5-3-14(4-6-18)17-11-30-31-12-17/h1-12,33H,13H2,(H,29,35)(H,30,31)(H,28,32,34). The fourth-order valence-electron chi connectivity index (χ4n) is 3.53. The molecule has 0 fully saturated rings. The maximum Gasteiger partial charge on any atom is 0.405 e. The highest BCUT2D eigenvalue weighted by molar-refractivity contribution is 5.98. The van der Waals surface area contributed by atoms with E-state index in [-0.39, 0.29) is 5.69 Å². The molecule has 11 heteroatoms. The fraction of sp³-hybridized carbons (Fsp3) is 0.0833. The number of hydrogen-bond acceptors (Lipinski definition) is 5. The van der Waals surface area contributed by atoms with Gasteiger partial charge in [-0.3, -0.25) is 9.89 Å². The van der Waals surface area contributed by atoms with E-state index in [2.05, 4.69) is 30.5 Å². The van der Waals surface area contributed by atoms with Crippen molar-refractivity contribution >= 4 is 28.3 Å². The van der Waals surface area contributed by atoms with E-state index in [9.17, 15) is 18.0 Å². The van der Waals surface area contributed by atoms with E-state index in [1.165, 1.54) is 6.07 Å². The van der Waals surface area contributed by atoms with Crippen molar-refractivity contribution in [3.05, 3.63) is 78.9 Å². The number of carbonyl (C=O) groups is 1. The Labute approximate surface area is 196 Å². The minimum Gasteiger partial charge on any atom is -0.351 e. The third-order valence-corrected chi connectivity index (χ3v) is 5.22. The molecule has 0 saturated carbocycles. The van der Waals surface area contributed by atoms with E-state index < -0.39 is 18.6 Å². The molecule has 0 aliphatic heterocycles. The van der Waals surface area contributed by atoms with Gasteiger partial charge >= 0.3 is 6.18 Å². The summed E-state index contributed by atoms with van der Waals surface area (Å²) < 4.78 is 37.1. The number of aromatic amines is 2. The average molecular weight is 477 g/mol. The Hall–Kier alpha value is -4.67. The lowest BCUT2D eigenvalue weighted by Gasteiger charge is -2.08. The molecule has 0 aliphatic carbocycles. The quantitative estimate of drug-likeness (QED) is 0.274.